The topological polar surface area (TPSA) is 74.6 Å². The molecule has 0 radical (unpaired) electrons. The summed E-state index contributed by atoms with van der Waals surface area (Å²) >= 11 is 3.11. The maximum absolute atomic E-state index is 13.8. The first-order valence-electron chi connectivity index (χ1n) is 5.18. The SMILES string of the molecule is CC(CCC(=O)O)(C(=O)O)c1c(F)cccc1Br. The van der Waals surface area contributed by atoms with Gasteiger partial charge in [0.1, 0.15) is 5.82 Å². The summed E-state index contributed by atoms with van der Waals surface area (Å²) in [6.07, 6.45) is -0.527. The van der Waals surface area contributed by atoms with Crippen LogP contribution < -0.4 is 0 Å². The van der Waals surface area contributed by atoms with Gasteiger partial charge in [0.05, 0.1) is 5.41 Å². The van der Waals surface area contributed by atoms with E-state index >= 15 is 0 Å². The van der Waals surface area contributed by atoms with Gasteiger partial charge in [-0.1, -0.05) is 22.0 Å². The predicted octanol–water partition coefficient (Wildman–Crippen LogP) is 2.80. The second-order valence-corrected chi connectivity index (χ2v) is 4.98. The largest absolute Gasteiger partial charge is 0.481 e. The lowest BCUT2D eigenvalue weighted by Gasteiger charge is -2.26. The second kappa shape index (κ2) is 5.48. The van der Waals surface area contributed by atoms with Gasteiger partial charge in [0, 0.05) is 16.5 Å². The number of hydrogen-bond acceptors (Lipinski definition) is 2. The van der Waals surface area contributed by atoms with Crippen LogP contribution in [0.5, 0.6) is 0 Å². The molecular formula is C12H12BrFO4. The van der Waals surface area contributed by atoms with Gasteiger partial charge in [-0.05, 0) is 25.5 Å². The third-order valence-electron chi connectivity index (χ3n) is 2.83. The van der Waals surface area contributed by atoms with Gasteiger partial charge in [-0.15, -0.1) is 0 Å². The molecule has 98 valence electrons. The lowest BCUT2D eigenvalue weighted by molar-refractivity contribution is -0.144. The molecule has 6 heteroatoms. The summed E-state index contributed by atoms with van der Waals surface area (Å²) in [6, 6.07) is 4.13. The standard InChI is InChI=1S/C12H12BrFO4/c1-12(11(17)18,6-5-9(15)16)10-7(13)3-2-4-8(10)14/h2-4H,5-6H2,1H3,(H,15,16)(H,17,18). The summed E-state index contributed by atoms with van der Waals surface area (Å²) < 4.78 is 14.1. The third kappa shape index (κ3) is 2.87. The zero-order chi connectivity index (χ0) is 13.9. The van der Waals surface area contributed by atoms with Crippen molar-refractivity contribution in [3.63, 3.8) is 0 Å². The molecule has 0 spiro atoms. The van der Waals surface area contributed by atoms with E-state index < -0.39 is 23.2 Å². The molecule has 0 aromatic heterocycles. The molecule has 2 N–H and O–H groups in total. The van der Waals surface area contributed by atoms with Crippen molar-refractivity contribution in [2.45, 2.75) is 25.2 Å². The summed E-state index contributed by atoms with van der Waals surface area (Å²) in [5, 5.41) is 17.9. The van der Waals surface area contributed by atoms with E-state index in [0.29, 0.717) is 4.47 Å². The molecule has 1 rings (SSSR count). The summed E-state index contributed by atoms with van der Waals surface area (Å²) in [4.78, 5) is 21.9. The third-order valence-corrected chi connectivity index (χ3v) is 3.49. The molecule has 1 atom stereocenters. The van der Waals surface area contributed by atoms with E-state index in [1.54, 1.807) is 0 Å². The summed E-state index contributed by atoms with van der Waals surface area (Å²) in [5.74, 6) is -3.04. The molecule has 0 aliphatic carbocycles. The molecule has 1 aromatic rings. The second-order valence-electron chi connectivity index (χ2n) is 4.13. The Morgan fingerprint density at radius 2 is 2.00 bits per heavy atom. The zero-order valence-electron chi connectivity index (χ0n) is 9.61. The molecule has 18 heavy (non-hydrogen) atoms. The Kier molecular flexibility index (Phi) is 4.45. The number of rotatable bonds is 5. The van der Waals surface area contributed by atoms with Gasteiger partial charge in [-0.2, -0.15) is 0 Å². The van der Waals surface area contributed by atoms with Gasteiger partial charge in [0.25, 0.3) is 0 Å². The van der Waals surface area contributed by atoms with Crippen LogP contribution in [0, 0.1) is 5.82 Å². The number of halogens is 2. The van der Waals surface area contributed by atoms with Crippen molar-refractivity contribution >= 4 is 27.9 Å². The Bertz CT molecular complexity index is 469. The number of hydrogen-bond donors (Lipinski definition) is 2. The monoisotopic (exact) mass is 318 g/mol. The highest BCUT2D eigenvalue weighted by Gasteiger charge is 2.39. The maximum atomic E-state index is 13.8. The molecule has 0 aliphatic rings. The minimum absolute atomic E-state index is 0.0289. The molecule has 0 heterocycles. The highest BCUT2D eigenvalue weighted by atomic mass is 79.9. The Morgan fingerprint density at radius 3 is 2.44 bits per heavy atom. The van der Waals surface area contributed by atoms with Gasteiger partial charge < -0.3 is 10.2 Å². The zero-order valence-corrected chi connectivity index (χ0v) is 11.2. The summed E-state index contributed by atoms with van der Waals surface area (Å²) in [6.45, 7) is 1.32. The van der Waals surface area contributed by atoms with Crippen molar-refractivity contribution < 1.29 is 24.2 Å². The lowest BCUT2D eigenvalue weighted by Crippen LogP contribution is -2.34. The molecule has 4 nitrogen and oxygen atoms in total. The molecule has 0 saturated heterocycles. The van der Waals surface area contributed by atoms with Crippen LogP contribution in [0.4, 0.5) is 4.39 Å². The van der Waals surface area contributed by atoms with Crippen LogP contribution in [0.1, 0.15) is 25.3 Å². The van der Waals surface area contributed by atoms with Crippen LogP contribution in [0.2, 0.25) is 0 Å². The van der Waals surface area contributed by atoms with Gasteiger partial charge >= 0.3 is 11.9 Å². The number of carboxylic acids is 2. The quantitative estimate of drug-likeness (QED) is 0.875. The molecule has 0 saturated carbocycles. The Balaban J connectivity index is 3.27. The average Bonchev–Trinajstić information content (AvgIpc) is 2.25. The van der Waals surface area contributed by atoms with Crippen LogP contribution in [-0.2, 0) is 15.0 Å². The fourth-order valence-corrected chi connectivity index (χ4v) is 2.50. The van der Waals surface area contributed by atoms with Gasteiger partial charge in [0.2, 0.25) is 0 Å². The first-order chi connectivity index (χ1) is 8.29. The summed E-state index contributed by atoms with van der Waals surface area (Å²) in [7, 11) is 0. The predicted molar refractivity (Wildman–Crippen MR) is 66.0 cm³/mol. The van der Waals surface area contributed by atoms with Crippen molar-refractivity contribution in [1.82, 2.24) is 0 Å². The molecule has 0 bridgehead atoms. The number of carboxylic acid groups (broad SMARTS) is 2. The van der Waals surface area contributed by atoms with E-state index in [-0.39, 0.29) is 18.4 Å². The van der Waals surface area contributed by atoms with Gasteiger partial charge in [-0.3, -0.25) is 9.59 Å². The van der Waals surface area contributed by atoms with Crippen molar-refractivity contribution in [2.24, 2.45) is 0 Å². The molecule has 1 aromatic carbocycles. The van der Waals surface area contributed by atoms with Crippen molar-refractivity contribution in [1.29, 1.82) is 0 Å². The lowest BCUT2D eigenvalue weighted by atomic mass is 9.78. The Morgan fingerprint density at radius 1 is 1.39 bits per heavy atom. The smallest absolute Gasteiger partial charge is 0.314 e. The van der Waals surface area contributed by atoms with Crippen molar-refractivity contribution in [2.75, 3.05) is 0 Å². The fourth-order valence-electron chi connectivity index (χ4n) is 1.72. The molecular weight excluding hydrogens is 307 g/mol. The average molecular weight is 319 g/mol. The minimum atomic E-state index is -1.58. The van der Waals surface area contributed by atoms with E-state index in [1.807, 2.05) is 0 Å². The van der Waals surface area contributed by atoms with E-state index in [2.05, 4.69) is 15.9 Å². The Hall–Kier alpha value is -1.43. The highest BCUT2D eigenvalue weighted by Crippen LogP contribution is 2.36. The minimum Gasteiger partial charge on any atom is -0.481 e. The van der Waals surface area contributed by atoms with E-state index in [4.69, 9.17) is 5.11 Å². The van der Waals surface area contributed by atoms with E-state index in [0.717, 1.165) is 6.07 Å². The Labute approximate surface area is 112 Å². The van der Waals surface area contributed by atoms with Crippen LogP contribution in [0.25, 0.3) is 0 Å². The number of benzene rings is 1. The number of carbonyl (C=O) groups is 2. The van der Waals surface area contributed by atoms with E-state index in [1.165, 1.54) is 19.1 Å². The van der Waals surface area contributed by atoms with Crippen molar-refractivity contribution in [3.05, 3.63) is 34.1 Å². The first kappa shape index (κ1) is 14.6. The van der Waals surface area contributed by atoms with E-state index in [9.17, 15) is 19.1 Å². The normalized spacial score (nSPS) is 13.9. The molecule has 1 unspecified atom stereocenters. The fraction of sp³-hybridized carbons (Fsp3) is 0.333. The van der Waals surface area contributed by atoms with Crippen molar-refractivity contribution in [3.8, 4) is 0 Å². The first-order valence-corrected chi connectivity index (χ1v) is 5.98. The van der Waals surface area contributed by atoms with Crippen LogP contribution in [-0.4, -0.2) is 22.2 Å². The van der Waals surface area contributed by atoms with Gasteiger partial charge in [0.15, 0.2) is 0 Å². The molecule has 0 fully saturated rings. The van der Waals surface area contributed by atoms with Gasteiger partial charge in [-0.25, -0.2) is 4.39 Å². The molecule has 0 aliphatic heterocycles. The van der Waals surface area contributed by atoms with Crippen LogP contribution >= 0.6 is 15.9 Å². The number of aliphatic carboxylic acids is 2. The molecule has 0 amide bonds. The highest BCUT2D eigenvalue weighted by molar-refractivity contribution is 9.10. The summed E-state index contributed by atoms with van der Waals surface area (Å²) in [5.41, 5.74) is -1.61. The maximum Gasteiger partial charge on any atom is 0.314 e. The van der Waals surface area contributed by atoms with Crippen LogP contribution in [0.15, 0.2) is 22.7 Å². The van der Waals surface area contributed by atoms with Crippen LogP contribution in [0.3, 0.4) is 0 Å².